The molecule has 0 aliphatic rings. The maximum absolute atomic E-state index is 6.89. The number of benzene rings is 9. The summed E-state index contributed by atoms with van der Waals surface area (Å²) in [6, 6.07) is 73.8. The van der Waals surface area contributed by atoms with Gasteiger partial charge >= 0.3 is 0 Å². The van der Waals surface area contributed by atoms with Crippen LogP contribution in [-0.4, -0.2) is 19.5 Å². The second-order valence-corrected chi connectivity index (χ2v) is 17.5. The van der Waals surface area contributed by atoms with Crippen LogP contribution in [0.5, 0.6) is 0 Å². The third-order valence-electron chi connectivity index (χ3n) is 13.4. The smallest absolute Gasteiger partial charge is 0.164 e. The Bertz CT molecular complexity index is 4180. The topological polar surface area (TPSA) is 69.9 Å². The summed E-state index contributed by atoms with van der Waals surface area (Å²) in [5.41, 5.74) is 15.2. The van der Waals surface area contributed by atoms with Crippen LogP contribution in [0.15, 0.2) is 234 Å². The molecule has 0 saturated carbocycles. The highest BCUT2D eigenvalue weighted by Gasteiger charge is 2.22. The van der Waals surface area contributed by atoms with Crippen molar-refractivity contribution < 1.29 is 8.83 Å². The van der Waals surface area contributed by atoms with Crippen molar-refractivity contribution in [3.63, 3.8) is 0 Å². The Kier molecular flexibility index (Phi) is 9.77. The fraction of sp³-hybridized carbons (Fsp3) is 0.0156. The third-order valence-corrected chi connectivity index (χ3v) is 13.4. The van der Waals surface area contributed by atoms with E-state index in [-0.39, 0.29) is 0 Å². The average molecular weight is 899 g/mol. The summed E-state index contributed by atoms with van der Waals surface area (Å²) in [6.07, 6.45) is 3.84. The minimum atomic E-state index is 0.486. The molecule has 13 rings (SSSR count). The molecule has 13 aromatic rings. The Morgan fingerprint density at radius 2 is 1.00 bits per heavy atom. The standard InChI is InChI=1S/C64H42N4O2/c1-3-47(64-66-62(45-25-17-23-42(37-45)40-19-7-5-8-20-40)65-63(67-64)46-26-18-24-43(38-46)41-21-9-6-10-22-41)59-52-39-44(33-36-58(52)69-56(59)4-2)48-34-35-55(61-60(48)51-29-13-16-32-57(51)70-61)68-53-30-14-11-27-49(53)50-28-12-15-31-54(50)68/h3-39H,1H2,2H3/b56-4+,59-47+. The summed E-state index contributed by atoms with van der Waals surface area (Å²) in [5.74, 6) is 1.59. The van der Waals surface area contributed by atoms with E-state index in [4.69, 9.17) is 23.8 Å². The molecule has 0 aliphatic heterocycles. The molecule has 0 radical (unpaired) electrons. The first-order valence-electron chi connectivity index (χ1n) is 23.5. The van der Waals surface area contributed by atoms with Gasteiger partial charge in [0.25, 0.3) is 0 Å². The maximum Gasteiger partial charge on any atom is 0.164 e. The number of fused-ring (bicyclic) bond motifs is 7. The lowest BCUT2D eigenvalue weighted by Crippen LogP contribution is -2.24. The largest absolute Gasteiger partial charge is 0.456 e. The number of hydrogen-bond donors (Lipinski definition) is 0. The van der Waals surface area contributed by atoms with Crippen LogP contribution < -0.4 is 10.6 Å². The van der Waals surface area contributed by atoms with Crippen molar-refractivity contribution in [3.05, 3.63) is 241 Å². The van der Waals surface area contributed by atoms with Gasteiger partial charge in [0.2, 0.25) is 0 Å². The summed E-state index contributed by atoms with van der Waals surface area (Å²) in [5, 5.41) is 6.23. The number of hydrogen-bond acceptors (Lipinski definition) is 5. The summed E-state index contributed by atoms with van der Waals surface area (Å²) in [7, 11) is 0. The van der Waals surface area contributed by atoms with Crippen molar-refractivity contribution in [2.75, 3.05) is 0 Å². The predicted molar refractivity (Wildman–Crippen MR) is 287 cm³/mol. The van der Waals surface area contributed by atoms with Gasteiger partial charge in [-0.1, -0.05) is 176 Å². The first-order chi connectivity index (χ1) is 34.6. The van der Waals surface area contributed by atoms with Crippen LogP contribution in [0, 0.1) is 0 Å². The van der Waals surface area contributed by atoms with Gasteiger partial charge < -0.3 is 13.4 Å². The second-order valence-electron chi connectivity index (χ2n) is 17.5. The van der Waals surface area contributed by atoms with Gasteiger partial charge in [-0.15, -0.1) is 0 Å². The lowest BCUT2D eigenvalue weighted by molar-refractivity contribution is 0.574. The molecule has 4 heterocycles. The van der Waals surface area contributed by atoms with Crippen LogP contribution in [0.3, 0.4) is 0 Å². The van der Waals surface area contributed by atoms with Crippen molar-refractivity contribution in [1.29, 1.82) is 0 Å². The first kappa shape index (κ1) is 40.8. The molecule has 0 atom stereocenters. The van der Waals surface area contributed by atoms with Crippen molar-refractivity contribution >= 4 is 66.4 Å². The highest BCUT2D eigenvalue weighted by molar-refractivity contribution is 6.17. The van der Waals surface area contributed by atoms with Crippen molar-refractivity contribution in [2.24, 2.45) is 0 Å². The molecule has 330 valence electrons. The van der Waals surface area contributed by atoms with Gasteiger partial charge in [0, 0.05) is 48.8 Å². The number of nitrogens with zero attached hydrogens (tertiary/aromatic N) is 4. The van der Waals surface area contributed by atoms with E-state index in [9.17, 15) is 0 Å². The SMILES string of the molecule is C=C/C(c1nc(-c2cccc(-c3ccccc3)c2)nc(-c2cccc(-c3ccccc3)c2)n1)=c1\c(=C/C)oc2ccc(-c3ccc(-n4c5ccccc5c5ccccc54)c4oc5ccccc5c34)cc12. The van der Waals surface area contributed by atoms with E-state index in [1.54, 1.807) is 0 Å². The minimum Gasteiger partial charge on any atom is -0.456 e. The Hall–Kier alpha value is -9.39. The molecule has 0 aliphatic carbocycles. The van der Waals surface area contributed by atoms with Gasteiger partial charge in [-0.2, -0.15) is 0 Å². The summed E-state index contributed by atoms with van der Waals surface area (Å²) >= 11 is 0. The van der Waals surface area contributed by atoms with Crippen molar-refractivity contribution in [3.8, 4) is 61.8 Å². The lowest BCUT2D eigenvalue weighted by atomic mass is 9.97. The Morgan fingerprint density at radius 1 is 0.457 bits per heavy atom. The first-order valence-corrected chi connectivity index (χ1v) is 23.5. The minimum absolute atomic E-state index is 0.486. The van der Waals surface area contributed by atoms with Crippen LogP contribution in [0.4, 0.5) is 0 Å². The molecular weight excluding hydrogens is 857 g/mol. The quantitative estimate of drug-likeness (QED) is 0.152. The fourth-order valence-corrected chi connectivity index (χ4v) is 10.2. The molecule has 70 heavy (non-hydrogen) atoms. The zero-order valence-corrected chi connectivity index (χ0v) is 38.2. The van der Waals surface area contributed by atoms with Crippen LogP contribution in [0.1, 0.15) is 12.7 Å². The zero-order chi connectivity index (χ0) is 46.7. The van der Waals surface area contributed by atoms with Gasteiger partial charge in [-0.3, -0.25) is 0 Å². The Labute approximate surface area is 403 Å². The third kappa shape index (κ3) is 6.76. The number of aromatic nitrogens is 4. The van der Waals surface area contributed by atoms with E-state index >= 15 is 0 Å². The number of allylic oxidation sites excluding steroid dienone is 1. The molecule has 0 fully saturated rings. The molecule has 0 spiro atoms. The van der Waals surface area contributed by atoms with Gasteiger partial charge in [0.15, 0.2) is 23.1 Å². The van der Waals surface area contributed by atoms with E-state index in [2.05, 4.69) is 199 Å². The van der Waals surface area contributed by atoms with Crippen LogP contribution in [0.2, 0.25) is 0 Å². The monoisotopic (exact) mass is 898 g/mol. The van der Waals surface area contributed by atoms with E-state index in [0.717, 1.165) is 105 Å². The molecule has 4 aromatic heterocycles. The summed E-state index contributed by atoms with van der Waals surface area (Å²) in [4.78, 5) is 15.8. The van der Waals surface area contributed by atoms with E-state index in [0.29, 0.717) is 22.9 Å². The number of furan rings is 2. The van der Waals surface area contributed by atoms with E-state index in [1.165, 1.54) is 10.8 Å². The van der Waals surface area contributed by atoms with Crippen LogP contribution in [0.25, 0.3) is 128 Å². The molecule has 0 saturated heterocycles. The molecule has 0 N–H and O–H groups in total. The number of para-hydroxylation sites is 3. The maximum atomic E-state index is 6.89. The molecule has 9 aromatic carbocycles. The predicted octanol–water partition coefficient (Wildman–Crippen LogP) is 15.1. The molecule has 6 heteroatoms. The highest BCUT2D eigenvalue weighted by atomic mass is 16.3. The summed E-state index contributed by atoms with van der Waals surface area (Å²) < 4.78 is 15.9. The molecular formula is C64H42N4O2. The van der Waals surface area contributed by atoms with Crippen LogP contribution in [-0.2, 0) is 0 Å². The van der Waals surface area contributed by atoms with E-state index in [1.807, 2.05) is 43.3 Å². The Morgan fingerprint density at radius 3 is 1.61 bits per heavy atom. The molecule has 0 bridgehead atoms. The average Bonchev–Trinajstić information content (AvgIpc) is 4.11. The highest BCUT2D eigenvalue weighted by Crippen LogP contribution is 2.43. The lowest BCUT2D eigenvalue weighted by Gasteiger charge is -2.12. The van der Waals surface area contributed by atoms with Gasteiger partial charge in [-0.05, 0) is 94.9 Å². The van der Waals surface area contributed by atoms with Gasteiger partial charge in [0.05, 0.1) is 16.7 Å². The fourth-order valence-electron chi connectivity index (χ4n) is 10.2. The van der Waals surface area contributed by atoms with E-state index < -0.39 is 0 Å². The molecule has 0 amide bonds. The van der Waals surface area contributed by atoms with Gasteiger partial charge in [-0.25, -0.2) is 15.0 Å². The van der Waals surface area contributed by atoms with Gasteiger partial charge in [0.1, 0.15) is 16.6 Å². The van der Waals surface area contributed by atoms with Crippen molar-refractivity contribution in [2.45, 2.75) is 6.92 Å². The second kappa shape index (κ2) is 16.7. The van der Waals surface area contributed by atoms with Crippen LogP contribution >= 0.6 is 0 Å². The zero-order valence-electron chi connectivity index (χ0n) is 38.2. The normalized spacial score (nSPS) is 12.4. The molecule has 0 unspecified atom stereocenters. The molecule has 6 nitrogen and oxygen atoms in total. The Balaban J connectivity index is 1.04. The summed E-state index contributed by atoms with van der Waals surface area (Å²) in [6.45, 7) is 6.40. The number of rotatable bonds is 8. The van der Waals surface area contributed by atoms with Crippen molar-refractivity contribution in [1.82, 2.24) is 19.5 Å².